The molecule has 1 N–H and O–H groups in total. The second-order valence-corrected chi connectivity index (χ2v) is 12.5. The van der Waals surface area contributed by atoms with E-state index < -0.39 is 9.04 Å². The van der Waals surface area contributed by atoms with Crippen molar-refractivity contribution in [2.75, 3.05) is 0 Å². The fourth-order valence-electron chi connectivity index (χ4n) is 3.25. The molecule has 1 atom stereocenters. The largest absolute Gasteiger partial charge is 0.423 e. The number of carbonyl (C=O) groups is 1. The Kier molecular flexibility index (Phi) is 6.06. The standard InChI is InChI=1S/C22H28N4O4Si/c1-22(2,3)31(4)28-13-19-24-25-21(29-19)15-10-16(11-15)23-20(27)17-12-18(30-26-17)14-8-6-5-7-9-14/h5-9,12,15-16,31H,10-11,13H2,1-4H3,(H,23,27)/t15-,16-,31?. The zero-order valence-corrected chi connectivity index (χ0v) is 19.4. The topological polar surface area (TPSA) is 103 Å². The SMILES string of the molecule is C[SiH](OCc1nnc([C@H]2C[C@H](NC(=O)c3cc(-c4ccccc4)on3)C2)o1)C(C)(C)C. The molecule has 164 valence electrons. The molecule has 1 fully saturated rings. The van der Waals surface area contributed by atoms with Crippen LogP contribution in [-0.2, 0) is 11.0 Å². The smallest absolute Gasteiger partial charge is 0.273 e. The van der Waals surface area contributed by atoms with Gasteiger partial charge in [0, 0.05) is 23.6 Å². The first-order valence-corrected chi connectivity index (χ1v) is 12.8. The van der Waals surface area contributed by atoms with Crippen LogP contribution in [0.15, 0.2) is 45.3 Å². The summed E-state index contributed by atoms with van der Waals surface area (Å²) in [4.78, 5) is 12.5. The molecule has 9 heteroatoms. The summed E-state index contributed by atoms with van der Waals surface area (Å²) in [5.41, 5.74) is 1.16. The lowest BCUT2D eigenvalue weighted by Gasteiger charge is -2.33. The summed E-state index contributed by atoms with van der Waals surface area (Å²) in [6.07, 6.45) is 1.51. The summed E-state index contributed by atoms with van der Waals surface area (Å²) in [6.45, 7) is 9.10. The minimum atomic E-state index is -1.33. The van der Waals surface area contributed by atoms with Gasteiger partial charge in [-0.15, -0.1) is 10.2 Å². The van der Waals surface area contributed by atoms with E-state index in [1.165, 1.54) is 0 Å². The lowest BCUT2D eigenvalue weighted by molar-refractivity contribution is 0.0893. The minimum Gasteiger partial charge on any atom is -0.423 e. The van der Waals surface area contributed by atoms with E-state index in [1.807, 2.05) is 30.3 Å². The molecule has 31 heavy (non-hydrogen) atoms. The van der Waals surface area contributed by atoms with Crippen molar-refractivity contribution in [3.05, 3.63) is 53.9 Å². The van der Waals surface area contributed by atoms with Crippen LogP contribution in [0.25, 0.3) is 11.3 Å². The molecule has 0 aliphatic heterocycles. The van der Waals surface area contributed by atoms with Gasteiger partial charge in [0.25, 0.3) is 5.91 Å². The van der Waals surface area contributed by atoms with Crippen LogP contribution in [0.5, 0.6) is 0 Å². The maximum absolute atomic E-state index is 12.5. The number of aromatic nitrogens is 3. The number of hydrogen-bond acceptors (Lipinski definition) is 7. The van der Waals surface area contributed by atoms with E-state index in [-0.39, 0.29) is 28.6 Å². The summed E-state index contributed by atoms with van der Waals surface area (Å²) in [5, 5.41) is 15.4. The molecule has 8 nitrogen and oxygen atoms in total. The summed E-state index contributed by atoms with van der Waals surface area (Å²) in [6, 6.07) is 11.3. The highest BCUT2D eigenvalue weighted by Crippen LogP contribution is 2.36. The highest BCUT2D eigenvalue weighted by Gasteiger charge is 2.36. The van der Waals surface area contributed by atoms with Gasteiger partial charge in [-0.1, -0.05) is 56.3 Å². The van der Waals surface area contributed by atoms with Crippen LogP contribution < -0.4 is 5.32 Å². The van der Waals surface area contributed by atoms with Crippen molar-refractivity contribution < 1.29 is 18.2 Å². The second-order valence-electron chi connectivity index (χ2n) is 9.13. The maximum atomic E-state index is 12.5. The Morgan fingerprint density at radius 1 is 1.23 bits per heavy atom. The number of carbonyl (C=O) groups excluding carboxylic acids is 1. The normalized spacial score (nSPS) is 19.6. The van der Waals surface area contributed by atoms with Crippen molar-refractivity contribution >= 4 is 14.9 Å². The number of nitrogens with one attached hydrogen (secondary N) is 1. The molecular weight excluding hydrogens is 412 g/mol. The summed E-state index contributed by atoms with van der Waals surface area (Å²) in [7, 11) is -1.33. The number of nitrogens with zero attached hydrogens (tertiary/aromatic N) is 3. The molecule has 2 heterocycles. The van der Waals surface area contributed by atoms with Gasteiger partial charge in [0.05, 0.1) is 0 Å². The molecule has 2 aromatic heterocycles. The van der Waals surface area contributed by atoms with Crippen molar-refractivity contribution in [1.82, 2.24) is 20.7 Å². The van der Waals surface area contributed by atoms with Gasteiger partial charge in [0.2, 0.25) is 11.8 Å². The summed E-state index contributed by atoms with van der Waals surface area (Å²) < 4.78 is 17.0. The molecule has 1 unspecified atom stereocenters. The third-order valence-electron chi connectivity index (χ3n) is 5.78. The Hall–Kier alpha value is -2.78. The van der Waals surface area contributed by atoms with Crippen molar-refractivity contribution in [1.29, 1.82) is 0 Å². The van der Waals surface area contributed by atoms with Gasteiger partial charge in [-0.05, 0) is 24.4 Å². The Morgan fingerprint density at radius 2 is 1.97 bits per heavy atom. The molecule has 1 aliphatic carbocycles. The third kappa shape index (κ3) is 5.11. The molecule has 0 bridgehead atoms. The quantitative estimate of drug-likeness (QED) is 0.552. The molecule has 0 saturated heterocycles. The molecule has 1 saturated carbocycles. The number of benzene rings is 1. The van der Waals surface area contributed by atoms with Crippen molar-refractivity contribution in [2.45, 2.75) is 63.8 Å². The predicted molar refractivity (Wildman–Crippen MR) is 117 cm³/mol. The molecular formula is C22H28N4O4Si. The van der Waals surface area contributed by atoms with Gasteiger partial charge >= 0.3 is 0 Å². The van der Waals surface area contributed by atoms with Crippen LogP contribution in [0, 0.1) is 0 Å². The molecule has 4 rings (SSSR count). The fourth-order valence-corrected chi connectivity index (χ4v) is 4.15. The summed E-state index contributed by atoms with van der Waals surface area (Å²) >= 11 is 0. The first kappa shape index (κ1) is 21.4. The van der Waals surface area contributed by atoms with E-state index in [4.69, 9.17) is 13.4 Å². The monoisotopic (exact) mass is 440 g/mol. The van der Waals surface area contributed by atoms with Gasteiger partial charge in [-0.3, -0.25) is 4.79 Å². The van der Waals surface area contributed by atoms with E-state index in [0.717, 1.165) is 18.4 Å². The average Bonchev–Trinajstić information content (AvgIpc) is 3.38. The van der Waals surface area contributed by atoms with E-state index in [0.29, 0.717) is 24.1 Å². The lowest BCUT2D eigenvalue weighted by atomic mass is 9.80. The Balaban J connectivity index is 1.25. The molecule has 1 amide bonds. The van der Waals surface area contributed by atoms with Crippen molar-refractivity contribution in [3.63, 3.8) is 0 Å². The Bertz CT molecular complexity index is 1020. The van der Waals surface area contributed by atoms with Crippen LogP contribution in [-0.4, -0.2) is 36.3 Å². The minimum absolute atomic E-state index is 0.0503. The molecule has 3 aromatic rings. The zero-order chi connectivity index (χ0) is 22.0. The zero-order valence-electron chi connectivity index (χ0n) is 18.3. The number of hydrogen-bond donors (Lipinski definition) is 1. The van der Waals surface area contributed by atoms with E-state index >= 15 is 0 Å². The highest BCUT2D eigenvalue weighted by molar-refractivity contribution is 6.53. The van der Waals surface area contributed by atoms with Crippen LogP contribution in [0.3, 0.4) is 0 Å². The maximum Gasteiger partial charge on any atom is 0.273 e. The first-order valence-electron chi connectivity index (χ1n) is 10.6. The Labute approximate surface area is 183 Å². The predicted octanol–water partition coefficient (Wildman–Crippen LogP) is 4.07. The second kappa shape index (κ2) is 8.76. The molecule has 1 aromatic carbocycles. The van der Waals surface area contributed by atoms with Crippen LogP contribution in [0.1, 0.15) is 61.8 Å². The van der Waals surface area contributed by atoms with E-state index in [2.05, 4.69) is 48.0 Å². The first-order chi connectivity index (χ1) is 14.8. The number of rotatable bonds is 7. The van der Waals surface area contributed by atoms with Crippen LogP contribution >= 0.6 is 0 Å². The van der Waals surface area contributed by atoms with E-state index in [9.17, 15) is 4.79 Å². The lowest BCUT2D eigenvalue weighted by Crippen LogP contribution is -2.43. The fraction of sp³-hybridized carbons (Fsp3) is 0.455. The van der Waals surface area contributed by atoms with E-state index in [1.54, 1.807) is 6.07 Å². The van der Waals surface area contributed by atoms with Gasteiger partial charge in [0.1, 0.15) is 6.61 Å². The molecule has 0 spiro atoms. The third-order valence-corrected chi connectivity index (χ3v) is 8.89. The van der Waals surface area contributed by atoms with Crippen molar-refractivity contribution in [2.24, 2.45) is 0 Å². The van der Waals surface area contributed by atoms with Crippen LogP contribution in [0.2, 0.25) is 11.6 Å². The molecule has 1 aliphatic rings. The summed E-state index contributed by atoms with van der Waals surface area (Å²) in [5.74, 6) is 1.61. The van der Waals surface area contributed by atoms with Gasteiger partial charge < -0.3 is 18.7 Å². The average molecular weight is 441 g/mol. The highest BCUT2D eigenvalue weighted by atomic mass is 28.3. The van der Waals surface area contributed by atoms with Crippen LogP contribution in [0.4, 0.5) is 0 Å². The van der Waals surface area contributed by atoms with Gasteiger partial charge in [0.15, 0.2) is 20.5 Å². The molecule has 0 radical (unpaired) electrons. The van der Waals surface area contributed by atoms with Crippen molar-refractivity contribution in [3.8, 4) is 11.3 Å². The number of amides is 1. The Morgan fingerprint density at radius 3 is 2.68 bits per heavy atom. The van der Waals surface area contributed by atoms with Gasteiger partial charge in [-0.25, -0.2) is 0 Å². The van der Waals surface area contributed by atoms with Gasteiger partial charge in [-0.2, -0.15) is 0 Å².